The molecule has 0 saturated carbocycles. The fourth-order valence-corrected chi connectivity index (χ4v) is 8.44. The van der Waals surface area contributed by atoms with Gasteiger partial charge in [0.1, 0.15) is 23.7 Å². The Hall–Kier alpha value is -7.50. The summed E-state index contributed by atoms with van der Waals surface area (Å²) < 4.78 is 60.0. The Morgan fingerprint density at radius 1 is 0.578 bits per heavy atom. The molecular weight excluding hydrogens is 837 g/mol. The maximum absolute atomic E-state index is 15.0. The lowest BCUT2D eigenvalue weighted by Gasteiger charge is -2.31. The molecule has 2 aliphatic heterocycles. The second-order valence-electron chi connectivity index (χ2n) is 16.0. The maximum atomic E-state index is 15.0. The summed E-state index contributed by atoms with van der Waals surface area (Å²) >= 11 is 0. The zero-order valence-corrected chi connectivity index (χ0v) is 34.4. The minimum atomic E-state index is -3.24. The van der Waals surface area contributed by atoms with Crippen LogP contribution in [0.4, 0.5) is 27.2 Å². The average molecular weight is 879 g/mol. The highest BCUT2D eigenvalue weighted by molar-refractivity contribution is 5.88. The van der Waals surface area contributed by atoms with Crippen LogP contribution in [0.1, 0.15) is 59.8 Å². The normalized spacial score (nSPS) is 18.7. The van der Waals surface area contributed by atoms with E-state index in [4.69, 9.17) is 0 Å². The Bertz CT molecular complexity index is 2480. The van der Waals surface area contributed by atoms with Crippen molar-refractivity contribution < 1.29 is 47.0 Å². The molecule has 0 radical (unpaired) electrons. The number of nitrogens with zero attached hydrogens (tertiary/aromatic N) is 6. The zero-order valence-electron chi connectivity index (χ0n) is 34.4. The highest BCUT2D eigenvalue weighted by Crippen LogP contribution is 2.44. The van der Waals surface area contributed by atoms with Crippen LogP contribution in [0.2, 0.25) is 0 Å². The van der Waals surface area contributed by atoms with Crippen LogP contribution in [0.15, 0.2) is 122 Å². The van der Waals surface area contributed by atoms with Crippen LogP contribution in [0, 0.1) is 0 Å². The Labute approximate surface area is 363 Å². The second kappa shape index (κ2) is 17.0. The predicted molar refractivity (Wildman–Crippen MR) is 225 cm³/mol. The highest BCUT2D eigenvalue weighted by atomic mass is 19.3. The van der Waals surface area contributed by atoms with E-state index in [1.807, 2.05) is 48.5 Å². The SMILES string of the molecule is CN(C(=O)O)[C@@H](C(=O)N1CC(F)(F)C[C@H]1c1ncc(-c2ccc(-c3ccc(-c4cnc([C@@H]5CC(F)(F)CN5C(=O)[C@@H](c5ccccc5)N(C)C(=O)O)[nH]4)cc3)cc2)[nH]1)c1ccccc1. The van der Waals surface area contributed by atoms with Gasteiger partial charge < -0.3 is 30.0 Å². The third-order valence-electron chi connectivity index (χ3n) is 11.7. The molecule has 14 nitrogen and oxygen atoms in total. The quantitative estimate of drug-likeness (QED) is 0.0934. The van der Waals surface area contributed by atoms with Crippen molar-refractivity contribution >= 4 is 24.0 Å². The van der Waals surface area contributed by atoms with Crippen LogP contribution in [-0.4, -0.2) is 113 Å². The lowest BCUT2D eigenvalue weighted by Crippen LogP contribution is -2.44. The van der Waals surface area contributed by atoms with E-state index >= 15 is 0 Å². The third-order valence-corrected chi connectivity index (χ3v) is 11.7. The minimum absolute atomic E-state index is 0.134. The van der Waals surface area contributed by atoms with E-state index in [2.05, 4.69) is 19.9 Å². The van der Waals surface area contributed by atoms with Gasteiger partial charge in [-0.2, -0.15) is 0 Å². The van der Waals surface area contributed by atoms with Gasteiger partial charge in [0.05, 0.1) is 49.0 Å². The van der Waals surface area contributed by atoms with Gasteiger partial charge in [0.2, 0.25) is 0 Å². The molecule has 330 valence electrons. The molecule has 4 N–H and O–H groups in total. The van der Waals surface area contributed by atoms with Crippen LogP contribution in [0.3, 0.4) is 0 Å². The van der Waals surface area contributed by atoms with Gasteiger partial charge in [-0.15, -0.1) is 0 Å². The van der Waals surface area contributed by atoms with Gasteiger partial charge in [-0.25, -0.2) is 37.1 Å². The molecule has 2 fully saturated rings. The fourth-order valence-electron chi connectivity index (χ4n) is 8.44. The summed E-state index contributed by atoms with van der Waals surface area (Å²) in [6.07, 6.45) is -1.19. The standard InChI is InChI=1S/C46H42F4N8O6/c1-55(43(61)62)37(31-9-5-3-6-10-31)41(59)57-25-45(47,48)21-35(57)39-51-23-33(53-39)29-17-13-27(14-18-29)28-15-19-30(20-16-28)34-24-52-40(54-34)36-22-46(49,50)26-58(36)42(60)38(56(2)44(63)64)32-11-7-4-8-12-32/h3-20,23-24,35-38H,21-22,25-26H2,1-2H3,(H,51,53)(H,52,54)(H,61,62)(H,63,64)/t35-,36-,37+,38+/m0/s1. The number of alkyl halides is 4. The number of carbonyl (C=O) groups excluding carboxylic acids is 2. The average Bonchev–Trinajstić information content (AvgIpc) is 4.10. The van der Waals surface area contributed by atoms with E-state index in [1.165, 1.54) is 26.5 Å². The van der Waals surface area contributed by atoms with Crippen molar-refractivity contribution in [2.24, 2.45) is 0 Å². The van der Waals surface area contributed by atoms with Gasteiger partial charge in [0.15, 0.2) is 0 Å². The van der Waals surface area contributed by atoms with E-state index in [-0.39, 0.29) is 11.6 Å². The van der Waals surface area contributed by atoms with E-state index in [9.17, 15) is 47.0 Å². The molecule has 4 heterocycles. The third kappa shape index (κ3) is 8.62. The first kappa shape index (κ1) is 43.2. The summed E-state index contributed by atoms with van der Waals surface area (Å²) in [5, 5.41) is 19.5. The number of aromatic amines is 2. The van der Waals surface area contributed by atoms with Crippen LogP contribution >= 0.6 is 0 Å². The van der Waals surface area contributed by atoms with E-state index in [0.717, 1.165) is 30.7 Å². The first-order valence-corrected chi connectivity index (χ1v) is 20.2. The molecule has 0 unspecified atom stereocenters. The number of hydrogen-bond donors (Lipinski definition) is 4. The van der Waals surface area contributed by atoms with Crippen LogP contribution in [-0.2, 0) is 9.59 Å². The number of amides is 4. The van der Waals surface area contributed by atoms with Gasteiger partial charge in [0.25, 0.3) is 23.7 Å². The van der Waals surface area contributed by atoms with Crippen LogP contribution in [0.25, 0.3) is 33.6 Å². The smallest absolute Gasteiger partial charge is 0.407 e. The van der Waals surface area contributed by atoms with Gasteiger partial charge in [-0.1, -0.05) is 109 Å². The monoisotopic (exact) mass is 878 g/mol. The molecule has 2 aliphatic rings. The zero-order chi connectivity index (χ0) is 45.5. The van der Waals surface area contributed by atoms with E-state index < -0.39 is 85.9 Å². The van der Waals surface area contributed by atoms with Gasteiger partial charge in [0, 0.05) is 26.9 Å². The number of likely N-dealkylation sites (N-methyl/N-ethyl adjacent to an activating group) is 2. The summed E-state index contributed by atoms with van der Waals surface area (Å²) in [4.78, 5) is 70.3. The highest BCUT2D eigenvalue weighted by Gasteiger charge is 2.52. The molecule has 8 rings (SSSR count). The molecule has 64 heavy (non-hydrogen) atoms. The number of rotatable bonds is 11. The molecule has 4 aromatic carbocycles. The number of carbonyl (C=O) groups is 4. The van der Waals surface area contributed by atoms with Gasteiger partial charge >= 0.3 is 12.2 Å². The number of H-pyrrole nitrogens is 2. The minimum Gasteiger partial charge on any atom is -0.465 e. The molecule has 0 spiro atoms. The largest absolute Gasteiger partial charge is 0.465 e. The van der Waals surface area contributed by atoms with Crippen molar-refractivity contribution in [1.29, 1.82) is 0 Å². The van der Waals surface area contributed by atoms with Crippen molar-refractivity contribution in [2.75, 3.05) is 27.2 Å². The number of imidazole rings is 2. The summed E-state index contributed by atoms with van der Waals surface area (Å²) in [7, 11) is 2.44. The molecular formula is C46H42F4N8O6. The van der Waals surface area contributed by atoms with Crippen LogP contribution < -0.4 is 0 Å². The van der Waals surface area contributed by atoms with Crippen molar-refractivity contribution in [3.8, 4) is 33.6 Å². The van der Waals surface area contributed by atoms with Crippen molar-refractivity contribution in [1.82, 2.24) is 39.5 Å². The first-order valence-electron chi connectivity index (χ1n) is 20.2. The number of carboxylic acid groups (broad SMARTS) is 2. The van der Waals surface area contributed by atoms with Crippen molar-refractivity contribution in [3.63, 3.8) is 0 Å². The molecule has 2 aromatic heterocycles. The van der Waals surface area contributed by atoms with E-state index in [0.29, 0.717) is 33.6 Å². The van der Waals surface area contributed by atoms with E-state index in [1.54, 1.807) is 60.7 Å². The van der Waals surface area contributed by atoms with Crippen molar-refractivity contribution in [2.45, 2.75) is 48.9 Å². The summed E-state index contributed by atoms with van der Waals surface area (Å²) in [5.41, 5.74) is 4.77. The Morgan fingerprint density at radius 2 is 0.906 bits per heavy atom. The Morgan fingerprint density at radius 3 is 1.23 bits per heavy atom. The summed E-state index contributed by atoms with van der Waals surface area (Å²) in [6, 6.07) is 26.0. The summed E-state index contributed by atoms with van der Waals surface area (Å²) in [5.74, 6) is -7.80. The Kier molecular flexibility index (Phi) is 11.5. The lowest BCUT2D eigenvalue weighted by molar-refractivity contribution is -0.139. The fraction of sp³-hybridized carbons (Fsp3) is 0.261. The summed E-state index contributed by atoms with van der Waals surface area (Å²) in [6.45, 7) is -1.80. The molecule has 2 saturated heterocycles. The molecule has 4 amide bonds. The van der Waals surface area contributed by atoms with Crippen LogP contribution in [0.5, 0.6) is 0 Å². The molecule has 0 bridgehead atoms. The Balaban J connectivity index is 0.971. The topological polar surface area (TPSA) is 179 Å². The predicted octanol–water partition coefficient (Wildman–Crippen LogP) is 8.65. The molecule has 0 aliphatic carbocycles. The lowest BCUT2D eigenvalue weighted by atomic mass is 10.0. The second-order valence-corrected chi connectivity index (χ2v) is 16.0. The van der Waals surface area contributed by atoms with Gasteiger partial charge in [-0.05, 0) is 33.4 Å². The molecule has 6 aromatic rings. The number of likely N-dealkylation sites (tertiary alicyclic amines) is 2. The number of halogens is 4. The van der Waals surface area contributed by atoms with Gasteiger partial charge in [-0.3, -0.25) is 19.4 Å². The number of benzene rings is 4. The molecule has 4 atom stereocenters. The first-order chi connectivity index (χ1) is 30.5. The number of hydrogen-bond acceptors (Lipinski definition) is 6. The van der Waals surface area contributed by atoms with Crippen molar-refractivity contribution in [3.05, 3.63) is 144 Å². The number of aromatic nitrogens is 4. The molecule has 18 heteroatoms. The maximum Gasteiger partial charge on any atom is 0.407 e. The number of nitrogens with one attached hydrogen (secondary N) is 2.